The first-order valence-electron chi connectivity index (χ1n) is 21.9. The number of likely N-dealkylation sites (tertiary alicyclic amines) is 1. The van der Waals surface area contributed by atoms with Crippen LogP contribution in [0, 0.1) is 17.8 Å². The molecule has 1 aliphatic heterocycles. The number of aromatic amines is 1. The molecule has 21 nitrogen and oxygen atoms in total. The number of amides is 6. The number of aromatic hydroxyl groups is 1. The maximum Gasteiger partial charge on any atom is 0.326 e. The van der Waals surface area contributed by atoms with E-state index < -0.39 is 95.5 Å². The highest BCUT2D eigenvalue weighted by Gasteiger charge is 2.41. The molecule has 0 bridgehead atoms. The molecule has 14 N–H and O–H groups in total. The Balaban J connectivity index is 1.89. The number of carboxylic acids is 1. The van der Waals surface area contributed by atoms with Gasteiger partial charge in [0.05, 0.1) is 12.4 Å². The van der Waals surface area contributed by atoms with Gasteiger partial charge in [-0.05, 0) is 61.1 Å². The number of aliphatic imine (C=N–C) groups is 1. The number of phenolic OH excluding ortho intramolecular Hbond substituents is 1. The minimum atomic E-state index is -1.29. The molecule has 9 unspecified atom stereocenters. The first kappa shape index (κ1) is 52.1. The number of hydrogen-bond donors (Lipinski definition) is 11. The van der Waals surface area contributed by atoms with E-state index in [-0.39, 0.29) is 56.4 Å². The Morgan fingerprint density at radius 3 is 2.02 bits per heavy atom. The Labute approximate surface area is 373 Å². The van der Waals surface area contributed by atoms with Crippen LogP contribution in [0.2, 0.25) is 0 Å². The van der Waals surface area contributed by atoms with Gasteiger partial charge in [0.1, 0.15) is 42.0 Å². The second-order valence-electron chi connectivity index (χ2n) is 16.8. The van der Waals surface area contributed by atoms with Crippen molar-refractivity contribution in [3.8, 4) is 5.75 Å². The number of rotatable bonds is 25. The number of carbonyl (C=O) groups is 7. The topological polar surface area (TPSA) is 342 Å². The molecule has 3 rings (SSSR count). The molecule has 0 spiro atoms. The van der Waals surface area contributed by atoms with Crippen molar-refractivity contribution in [2.75, 3.05) is 13.1 Å². The highest BCUT2D eigenvalue weighted by atomic mass is 16.4. The van der Waals surface area contributed by atoms with Crippen LogP contribution in [0.1, 0.15) is 91.3 Å². The maximum atomic E-state index is 14.4. The first-order chi connectivity index (χ1) is 30.3. The Morgan fingerprint density at radius 1 is 0.828 bits per heavy atom. The van der Waals surface area contributed by atoms with Gasteiger partial charge in [-0.3, -0.25) is 33.8 Å². The third-order valence-corrected chi connectivity index (χ3v) is 11.6. The number of phenols is 1. The SMILES string of the molecule is CCC(C)C(NC(=O)C1CCCN1C(=O)C(Cc1cnc[nH]1)NC(=O)C(NC(=O)C(Cc1ccc(O)cc1)NC(=O)C(NC(=O)C(N)CCCN=C(N)N)C(C)C)C(C)CC)C(=O)O. The summed E-state index contributed by atoms with van der Waals surface area (Å²) in [6, 6.07) is -2.00. The molecular weight excluding hydrogens is 829 g/mol. The van der Waals surface area contributed by atoms with Gasteiger partial charge in [0, 0.05) is 37.8 Å². The molecule has 1 aromatic heterocycles. The van der Waals surface area contributed by atoms with E-state index in [1.807, 2.05) is 13.8 Å². The van der Waals surface area contributed by atoms with E-state index in [1.54, 1.807) is 39.8 Å². The molecule has 0 aliphatic carbocycles. The second-order valence-corrected chi connectivity index (χ2v) is 16.8. The fraction of sp³-hybridized carbons (Fsp3) is 0.605. The van der Waals surface area contributed by atoms with E-state index in [0.29, 0.717) is 36.9 Å². The van der Waals surface area contributed by atoms with Crippen molar-refractivity contribution < 1.29 is 43.8 Å². The molecule has 0 saturated carbocycles. The lowest BCUT2D eigenvalue weighted by atomic mass is 9.96. The number of guanidine groups is 1. The monoisotopic (exact) mass is 897 g/mol. The van der Waals surface area contributed by atoms with Crippen molar-refractivity contribution in [3.05, 3.63) is 48.0 Å². The maximum absolute atomic E-state index is 14.4. The lowest BCUT2D eigenvalue weighted by molar-refractivity contribution is -0.146. The summed E-state index contributed by atoms with van der Waals surface area (Å²) in [4.78, 5) is 108. The van der Waals surface area contributed by atoms with Crippen molar-refractivity contribution in [1.29, 1.82) is 0 Å². The lowest BCUT2D eigenvalue weighted by Crippen LogP contribution is -2.61. The Bertz CT molecular complexity index is 1910. The zero-order valence-electron chi connectivity index (χ0n) is 37.6. The van der Waals surface area contributed by atoms with Crippen molar-refractivity contribution in [2.45, 2.75) is 135 Å². The molecule has 1 aliphatic rings. The quantitative estimate of drug-likeness (QED) is 0.0342. The molecular formula is C43H68N12O9. The number of carboxylic acid groups (broad SMARTS) is 1. The van der Waals surface area contributed by atoms with Gasteiger partial charge in [-0.1, -0.05) is 66.5 Å². The van der Waals surface area contributed by atoms with Crippen molar-refractivity contribution in [3.63, 3.8) is 0 Å². The van der Waals surface area contributed by atoms with Crippen molar-refractivity contribution in [1.82, 2.24) is 41.5 Å². The molecule has 9 atom stereocenters. The van der Waals surface area contributed by atoms with Crippen LogP contribution in [0.25, 0.3) is 0 Å². The number of benzene rings is 1. The number of imidazole rings is 1. The standard InChI is InChI=1S/C43H68N12O9/c1-7-24(5)34(40(61)51-31(20-27-21-47-22-49-27)41(62)55-18-10-12-32(55)38(59)54-35(42(63)64)25(6)8-2)53-37(58)30(19-26-13-15-28(56)16-14-26)50-39(60)33(23(3)4)52-36(57)29(44)11-9-17-48-43(45)46/h13-16,21-25,29-35,56H,7-12,17-20,44H2,1-6H3,(H,47,49)(H,50,60)(H,51,61)(H,52,57)(H,53,58)(H,54,59)(H,63,64)(H4,45,46,48). The normalized spacial score (nSPS) is 17.4. The molecule has 1 saturated heterocycles. The Hall–Kier alpha value is -6.25. The van der Waals surface area contributed by atoms with Crippen LogP contribution in [0.4, 0.5) is 0 Å². The number of aromatic nitrogens is 2. The molecule has 6 amide bonds. The van der Waals surface area contributed by atoms with Gasteiger partial charge in [-0.15, -0.1) is 0 Å². The van der Waals surface area contributed by atoms with Crippen LogP contribution in [-0.4, -0.2) is 128 Å². The van der Waals surface area contributed by atoms with E-state index in [1.165, 1.54) is 29.6 Å². The molecule has 1 aromatic carbocycles. The van der Waals surface area contributed by atoms with Gasteiger partial charge in [0.15, 0.2) is 5.96 Å². The summed E-state index contributed by atoms with van der Waals surface area (Å²) >= 11 is 0. The fourth-order valence-corrected chi connectivity index (χ4v) is 7.25. The summed E-state index contributed by atoms with van der Waals surface area (Å²) in [7, 11) is 0. The van der Waals surface area contributed by atoms with Gasteiger partial charge < -0.3 is 63.9 Å². The number of nitrogens with zero attached hydrogens (tertiary/aromatic N) is 3. The number of nitrogens with one attached hydrogen (secondary N) is 6. The van der Waals surface area contributed by atoms with Crippen molar-refractivity contribution >= 4 is 47.4 Å². The van der Waals surface area contributed by atoms with Crippen molar-refractivity contribution in [2.24, 2.45) is 39.9 Å². The van der Waals surface area contributed by atoms with E-state index in [0.717, 1.165) is 0 Å². The number of H-pyrrole nitrogens is 1. The van der Waals surface area contributed by atoms with Gasteiger partial charge in [-0.2, -0.15) is 0 Å². The fourth-order valence-electron chi connectivity index (χ4n) is 7.25. The summed E-state index contributed by atoms with van der Waals surface area (Å²) < 4.78 is 0. The number of nitrogens with two attached hydrogens (primary N) is 3. The van der Waals surface area contributed by atoms with E-state index >= 15 is 0 Å². The summed E-state index contributed by atoms with van der Waals surface area (Å²) in [5, 5.41) is 33.4. The van der Waals surface area contributed by atoms with Gasteiger partial charge >= 0.3 is 5.97 Å². The minimum Gasteiger partial charge on any atom is -0.508 e. The van der Waals surface area contributed by atoms with Crippen LogP contribution >= 0.6 is 0 Å². The Morgan fingerprint density at radius 2 is 1.44 bits per heavy atom. The third-order valence-electron chi connectivity index (χ3n) is 11.6. The summed E-state index contributed by atoms with van der Waals surface area (Å²) in [5.41, 5.74) is 17.9. The predicted molar refractivity (Wildman–Crippen MR) is 238 cm³/mol. The second kappa shape index (κ2) is 25.1. The smallest absolute Gasteiger partial charge is 0.326 e. The molecule has 0 radical (unpaired) electrons. The van der Waals surface area contributed by atoms with E-state index in [2.05, 4.69) is 41.5 Å². The predicted octanol–water partition coefficient (Wildman–Crippen LogP) is -0.471. The van der Waals surface area contributed by atoms with E-state index in [4.69, 9.17) is 17.2 Å². The van der Waals surface area contributed by atoms with Gasteiger partial charge in [0.25, 0.3) is 0 Å². The molecule has 354 valence electrons. The van der Waals surface area contributed by atoms with Crippen LogP contribution in [0.5, 0.6) is 5.75 Å². The minimum absolute atomic E-state index is 0.0184. The zero-order chi connectivity index (χ0) is 47.7. The molecule has 1 fully saturated rings. The summed E-state index contributed by atoms with van der Waals surface area (Å²) in [5.74, 6) is -6.54. The average Bonchev–Trinajstić information content (AvgIpc) is 3.97. The molecule has 64 heavy (non-hydrogen) atoms. The number of hydrogen-bond acceptors (Lipinski definition) is 11. The zero-order valence-corrected chi connectivity index (χ0v) is 37.6. The van der Waals surface area contributed by atoms with Crippen LogP contribution < -0.4 is 43.8 Å². The van der Waals surface area contributed by atoms with Crippen LogP contribution in [0.3, 0.4) is 0 Å². The summed E-state index contributed by atoms with van der Waals surface area (Å²) in [6.07, 6.45) is 5.07. The van der Waals surface area contributed by atoms with Crippen LogP contribution in [-0.2, 0) is 46.4 Å². The molecule has 21 heteroatoms. The largest absolute Gasteiger partial charge is 0.508 e. The van der Waals surface area contributed by atoms with E-state index in [9.17, 15) is 43.8 Å². The van der Waals surface area contributed by atoms with Gasteiger partial charge in [0.2, 0.25) is 35.4 Å². The van der Waals surface area contributed by atoms with Crippen LogP contribution in [0.15, 0.2) is 41.8 Å². The molecule has 2 aromatic rings. The number of aliphatic carboxylic acids is 1. The highest BCUT2D eigenvalue weighted by molar-refractivity contribution is 5.97. The van der Waals surface area contributed by atoms with Gasteiger partial charge in [-0.25, -0.2) is 9.78 Å². The first-order valence-corrected chi connectivity index (χ1v) is 21.9. The third kappa shape index (κ3) is 15.5. The number of carbonyl (C=O) groups excluding carboxylic acids is 6. The average molecular weight is 897 g/mol. The lowest BCUT2D eigenvalue weighted by Gasteiger charge is -2.32. The Kier molecular flexibility index (Phi) is 20.5. The molecule has 2 heterocycles. The summed E-state index contributed by atoms with van der Waals surface area (Å²) in [6.45, 7) is 11.0. The highest BCUT2D eigenvalue weighted by Crippen LogP contribution is 2.22.